The molecule has 1 unspecified atom stereocenters. The van der Waals surface area contributed by atoms with Gasteiger partial charge < -0.3 is 25.4 Å². The number of rotatable bonds is 6. The molecule has 17 heavy (non-hydrogen) atoms. The van der Waals surface area contributed by atoms with E-state index in [1.165, 1.54) is 0 Å². The van der Waals surface area contributed by atoms with E-state index in [0.29, 0.717) is 26.3 Å². The van der Waals surface area contributed by atoms with Gasteiger partial charge in [-0.15, -0.1) is 0 Å². The highest BCUT2D eigenvalue weighted by atomic mass is 16.5. The lowest BCUT2D eigenvalue weighted by atomic mass is 10.3. The third kappa shape index (κ3) is 5.62. The van der Waals surface area contributed by atoms with Crippen molar-refractivity contribution in [3.63, 3.8) is 0 Å². The summed E-state index contributed by atoms with van der Waals surface area (Å²) in [6, 6.07) is 0. The number of ether oxygens (including phenoxy) is 2. The number of nitrogens with one attached hydrogen (secondary N) is 3. The van der Waals surface area contributed by atoms with Gasteiger partial charge in [-0.2, -0.15) is 0 Å². The van der Waals surface area contributed by atoms with Crippen LogP contribution in [0.2, 0.25) is 0 Å². The quantitative estimate of drug-likeness (QED) is 0.464. The van der Waals surface area contributed by atoms with Crippen LogP contribution in [-0.4, -0.2) is 64.4 Å². The van der Waals surface area contributed by atoms with E-state index in [1.54, 1.807) is 7.11 Å². The Bertz CT molecular complexity index is 254. The maximum atomic E-state index is 11.6. The van der Waals surface area contributed by atoms with Gasteiger partial charge in [0, 0.05) is 26.7 Å². The first-order valence-electron chi connectivity index (χ1n) is 5.59. The summed E-state index contributed by atoms with van der Waals surface area (Å²) in [5, 5.41) is 8.17. The van der Waals surface area contributed by atoms with Crippen LogP contribution in [0.1, 0.15) is 0 Å². The second-order valence-electron chi connectivity index (χ2n) is 3.62. The lowest BCUT2D eigenvalue weighted by Crippen LogP contribution is -2.49. The van der Waals surface area contributed by atoms with Gasteiger partial charge >= 0.3 is 0 Å². The number of hydrogen-bond acceptors (Lipinski definition) is 5. The Morgan fingerprint density at radius 3 is 2.94 bits per heavy atom. The first-order chi connectivity index (χ1) is 8.24. The summed E-state index contributed by atoms with van der Waals surface area (Å²) in [6.45, 7) is 2.60. The Hall–Kier alpha value is -1.18. The van der Waals surface area contributed by atoms with Crippen molar-refractivity contribution in [1.82, 2.24) is 16.0 Å². The molecular weight excluding hydrogens is 226 g/mol. The minimum Gasteiger partial charge on any atom is -0.383 e. The molecule has 1 fully saturated rings. The molecule has 7 heteroatoms. The summed E-state index contributed by atoms with van der Waals surface area (Å²) in [4.78, 5) is 22.8. The van der Waals surface area contributed by atoms with Crippen molar-refractivity contribution in [2.75, 3.05) is 46.5 Å². The summed E-state index contributed by atoms with van der Waals surface area (Å²) in [6.07, 6.45) is -0.504. The van der Waals surface area contributed by atoms with Crippen LogP contribution in [0.5, 0.6) is 0 Å². The zero-order valence-corrected chi connectivity index (χ0v) is 9.95. The average Bonchev–Trinajstić information content (AvgIpc) is 2.37. The molecule has 0 radical (unpaired) electrons. The topological polar surface area (TPSA) is 88.7 Å². The van der Waals surface area contributed by atoms with Gasteiger partial charge in [-0.05, 0) is 0 Å². The molecule has 1 saturated heterocycles. The summed E-state index contributed by atoms with van der Waals surface area (Å²) >= 11 is 0. The van der Waals surface area contributed by atoms with Crippen molar-refractivity contribution in [1.29, 1.82) is 0 Å². The number of carbonyl (C=O) groups is 2. The summed E-state index contributed by atoms with van der Waals surface area (Å²) < 4.78 is 10.0. The van der Waals surface area contributed by atoms with Crippen LogP contribution >= 0.6 is 0 Å². The molecule has 1 aliphatic rings. The van der Waals surface area contributed by atoms with Crippen molar-refractivity contribution >= 4 is 11.8 Å². The van der Waals surface area contributed by atoms with Crippen molar-refractivity contribution < 1.29 is 19.1 Å². The highest BCUT2D eigenvalue weighted by Crippen LogP contribution is 1.95. The number of carbonyl (C=O) groups excluding carboxylic acids is 2. The van der Waals surface area contributed by atoms with Crippen LogP contribution in [0.15, 0.2) is 0 Å². The van der Waals surface area contributed by atoms with Gasteiger partial charge in [-0.1, -0.05) is 0 Å². The van der Waals surface area contributed by atoms with Gasteiger partial charge in [0.2, 0.25) is 5.91 Å². The largest absolute Gasteiger partial charge is 0.383 e. The summed E-state index contributed by atoms with van der Waals surface area (Å²) in [5.74, 6) is -0.502. The van der Waals surface area contributed by atoms with Crippen molar-refractivity contribution in [3.05, 3.63) is 0 Å². The van der Waals surface area contributed by atoms with Crippen LogP contribution < -0.4 is 16.0 Å². The third-order valence-corrected chi connectivity index (χ3v) is 2.27. The van der Waals surface area contributed by atoms with Crippen LogP contribution in [0.3, 0.4) is 0 Å². The minimum atomic E-state index is -0.504. The Balaban J connectivity index is 2.11. The molecule has 7 nitrogen and oxygen atoms in total. The molecule has 0 aliphatic carbocycles. The van der Waals surface area contributed by atoms with Gasteiger partial charge in [-0.3, -0.25) is 9.59 Å². The number of morpholine rings is 1. The standard InChI is InChI=1S/C10H19N3O4/c1-16-4-3-12-9(14)7-13-10(15)8-6-11-2-5-17-8/h8,11H,2-7H2,1H3,(H,12,14)(H,13,15). The second-order valence-corrected chi connectivity index (χ2v) is 3.62. The van der Waals surface area contributed by atoms with Crippen LogP contribution in [0.25, 0.3) is 0 Å². The molecule has 0 aromatic rings. The molecule has 1 atom stereocenters. The number of methoxy groups -OCH3 is 1. The second kappa shape index (κ2) is 7.99. The lowest BCUT2D eigenvalue weighted by Gasteiger charge is -2.22. The molecule has 0 saturated carbocycles. The highest BCUT2D eigenvalue weighted by Gasteiger charge is 2.21. The van der Waals surface area contributed by atoms with Gasteiger partial charge in [0.15, 0.2) is 0 Å². The Labute approximate surface area is 100 Å². The number of hydrogen-bond donors (Lipinski definition) is 3. The first-order valence-corrected chi connectivity index (χ1v) is 5.59. The summed E-state index contributed by atoms with van der Waals surface area (Å²) in [7, 11) is 1.56. The highest BCUT2D eigenvalue weighted by molar-refractivity contribution is 5.87. The smallest absolute Gasteiger partial charge is 0.250 e. The van der Waals surface area contributed by atoms with Gasteiger partial charge in [-0.25, -0.2) is 0 Å². The van der Waals surface area contributed by atoms with E-state index >= 15 is 0 Å². The van der Waals surface area contributed by atoms with E-state index in [2.05, 4.69) is 16.0 Å². The molecule has 3 N–H and O–H groups in total. The van der Waals surface area contributed by atoms with E-state index in [4.69, 9.17) is 9.47 Å². The van der Waals surface area contributed by atoms with Crippen molar-refractivity contribution in [2.45, 2.75) is 6.10 Å². The van der Waals surface area contributed by atoms with Crippen LogP contribution in [0, 0.1) is 0 Å². The maximum Gasteiger partial charge on any atom is 0.250 e. The monoisotopic (exact) mass is 245 g/mol. The molecule has 1 aliphatic heterocycles. The normalized spacial score (nSPS) is 19.7. The predicted molar refractivity (Wildman–Crippen MR) is 60.5 cm³/mol. The Morgan fingerprint density at radius 2 is 2.29 bits per heavy atom. The van der Waals surface area contributed by atoms with Crippen molar-refractivity contribution in [3.8, 4) is 0 Å². The fourth-order valence-corrected chi connectivity index (χ4v) is 1.37. The van der Waals surface area contributed by atoms with Gasteiger partial charge in [0.1, 0.15) is 6.10 Å². The maximum absolute atomic E-state index is 11.6. The van der Waals surface area contributed by atoms with Gasteiger partial charge in [0.05, 0.1) is 19.8 Å². The molecule has 98 valence electrons. The molecule has 0 bridgehead atoms. The van der Waals surface area contributed by atoms with Crippen LogP contribution in [-0.2, 0) is 19.1 Å². The van der Waals surface area contributed by atoms with E-state index in [1.807, 2.05) is 0 Å². The van der Waals surface area contributed by atoms with Gasteiger partial charge in [0.25, 0.3) is 5.91 Å². The third-order valence-electron chi connectivity index (χ3n) is 2.27. The fourth-order valence-electron chi connectivity index (χ4n) is 1.37. The molecule has 1 rings (SSSR count). The SMILES string of the molecule is COCCNC(=O)CNC(=O)C1CNCCO1. The lowest BCUT2D eigenvalue weighted by molar-refractivity contribution is -0.136. The average molecular weight is 245 g/mol. The molecule has 0 aromatic heterocycles. The first kappa shape index (κ1) is 13.9. The molecule has 0 aromatic carbocycles. The minimum absolute atomic E-state index is 0.0393. The van der Waals surface area contributed by atoms with E-state index in [9.17, 15) is 9.59 Å². The molecule has 1 heterocycles. The summed E-state index contributed by atoms with van der Waals surface area (Å²) in [5.41, 5.74) is 0. The molecular formula is C10H19N3O4. The zero-order valence-electron chi connectivity index (χ0n) is 9.95. The number of amides is 2. The fraction of sp³-hybridized carbons (Fsp3) is 0.800. The van der Waals surface area contributed by atoms with Crippen LogP contribution in [0.4, 0.5) is 0 Å². The molecule has 0 spiro atoms. The zero-order chi connectivity index (χ0) is 12.5. The van der Waals surface area contributed by atoms with E-state index in [-0.39, 0.29) is 18.4 Å². The predicted octanol–water partition coefficient (Wildman–Crippen LogP) is -2.15. The van der Waals surface area contributed by atoms with E-state index < -0.39 is 6.10 Å². The van der Waals surface area contributed by atoms with Crippen molar-refractivity contribution in [2.24, 2.45) is 0 Å². The Kier molecular flexibility index (Phi) is 6.53. The molecule has 2 amide bonds. The Morgan fingerprint density at radius 1 is 1.47 bits per heavy atom. The van der Waals surface area contributed by atoms with E-state index in [0.717, 1.165) is 6.54 Å².